The Morgan fingerprint density at radius 3 is 2.29 bits per heavy atom. The molecule has 2 aromatic rings. The fourth-order valence-electron chi connectivity index (χ4n) is 1.95. The summed E-state index contributed by atoms with van der Waals surface area (Å²) in [5, 5.41) is 11.8. The van der Waals surface area contributed by atoms with Gasteiger partial charge in [0.2, 0.25) is 0 Å². The Morgan fingerprint density at radius 2 is 1.76 bits per heavy atom. The van der Waals surface area contributed by atoms with Gasteiger partial charge in [0.05, 0.1) is 17.4 Å². The molecule has 0 unspecified atom stereocenters. The monoisotopic (exact) mass is 287 g/mol. The van der Waals surface area contributed by atoms with Crippen molar-refractivity contribution in [3.05, 3.63) is 41.7 Å². The van der Waals surface area contributed by atoms with E-state index < -0.39 is 0 Å². The maximum atomic E-state index is 4.19. The predicted octanol–water partition coefficient (Wildman–Crippen LogP) is 2.39. The standard InChI is InChI=1S/C16H25N5/c1-16(2,3)21-12-14(18-19-21)11-17-10-13-6-8-15(9-7-13)20(4)5/h6-9,12,17H,10-11H2,1-5H3. The van der Waals surface area contributed by atoms with Gasteiger partial charge in [-0.3, -0.25) is 0 Å². The summed E-state index contributed by atoms with van der Waals surface area (Å²) in [4.78, 5) is 2.10. The number of anilines is 1. The van der Waals surface area contributed by atoms with Crippen LogP contribution in [0.4, 0.5) is 5.69 Å². The molecule has 0 aliphatic heterocycles. The highest BCUT2D eigenvalue weighted by atomic mass is 15.4. The second-order valence-electron chi connectivity index (χ2n) is 6.49. The van der Waals surface area contributed by atoms with E-state index in [0.29, 0.717) is 0 Å². The van der Waals surface area contributed by atoms with Crippen LogP contribution in [0.2, 0.25) is 0 Å². The molecule has 21 heavy (non-hydrogen) atoms. The molecular weight excluding hydrogens is 262 g/mol. The molecule has 0 radical (unpaired) electrons. The maximum absolute atomic E-state index is 4.19. The molecule has 0 atom stereocenters. The molecule has 0 saturated heterocycles. The summed E-state index contributed by atoms with van der Waals surface area (Å²) in [7, 11) is 4.09. The number of nitrogens with one attached hydrogen (secondary N) is 1. The highest BCUT2D eigenvalue weighted by Crippen LogP contribution is 2.13. The first-order valence-corrected chi connectivity index (χ1v) is 7.25. The van der Waals surface area contributed by atoms with E-state index in [1.165, 1.54) is 11.3 Å². The normalized spacial score (nSPS) is 11.7. The van der Waals surface area contributed by atoms with Crippen LogP contribution in [0.25, 0.3) is 0 Å². The highest BCUT2D eigenvalue weighted by molar-refractivity contribution is 5.45. The Labute approximate surface area is 127 Å². The molecule has 5 nitrogen and oxygen atoms in total. The van der Waals surface area contributed by atoms with Crippen molar-refractivity contribution in [1.82, 2.24) is 20.3 Å². The fourth-order valence-corrected chi connectivity index (χ4v) is 1.95. The first-order chi connectivity index (χ1) is 9.86. The van der Waals surface area contributed by atoms with E-state index in [4.69, 9.17) is 0 Å². The molecule has 0 bridgehead atoms. The van der Waals surface area contributed by atoms with Crippen LogP contribution in [0.5, 0.6) is 0 Å². The highest BCUT2D eigenvalue weighted by Gasteiger charge is 2.14. The average Bonchev–Trinajstić information content (AvgIpc) is 2.88. The number of hydrogen-bond donors (Lipinski definition) is 1. The van der Waals surface area contributed by atoms with Gasteiger partial charge in [-0.25, -0.2) is 4.68 Å². The van der Waals surface area contributed by atoms with Crippen LogP contribution in [-0.2, 0) is 18.6 Å². The molecule has 1 aromatic heterocycles. The molecule has 114 valence electrons. The van der Waals surface area contributed by atoms with Gasteiger partial charge in [0.1, 0.15) is 0 Å². The zero-order chi connectivity index (χ0) is 15.5. The summed E-state index contributed by atoms with van der Waals surface area (Å²) in [6, 6.07) is 8.56. The summed E-state index contributed by atoms with van der Waals surface area (Å²) >= 11 is 0. The van der Waals surface area contributed by atoms with E-state index in [-0.39, 0.29) is 5.54 Å². The first kappa shape index (κ1) is 15.5. The second kappa shape index (κ2) is 6.26. The minimum Gasteiger partial charge on any atom is -0.378 e. The lowest BCUT2D eigenvalue weighted by Crippen LogP contribution is -2.22. The lowest BCUT2D eigenvalue weighted by molar-refractivity contribution is 0.347. The van der Waals surface area contributed by atoms with Gasteiger partial charge >= 0.3 is 0 Å². The first-order valence-electron chi connectivity index (χ1n) is 7.25. The van der Waals surface area contributed by atoms with Gasteiger partial charge in [0.25, 0.3) is 0 Å². The lowest BCUT2D eigenvalue weighted by atomic mass is 10.1. The van der Waals surface area contributed by atoms with Crippen molar-refractivity contribution in [2.45, 2.75) is 39.4 Å². The van der Waals surface area contributed by atoms with Crippen LogP contribution in [-0.4, -0.2) is 29.1 Å². The van der Waals surface area contributed by atoms with Crippen molar-refractivity contribution < 1.29 is 0 Å². The predicted molar refractivity (Wildman–Crippen MR) is 86.3 cm³/mol. The van der Waals surface area contributed by atoms with Gasteiger partial charge in [0.15, 0.2) is 0 Å². The maximum Gasteiger partial charge on any atom is 0.0965 e. The summed E-state index contributed by atoms with van der Waals surface area (Å²) in [6.45, 7) is 7.91. The molecule has 2 rings (SSSR count). The van der Waals surface area contributed by atoms with Gasteiger partial charge in [-0.15, -0.1) is 5.10 Å². The van der Waals surface area contributed by atoms with E-state index in [9.17, 15) is 0 Å². The smallest absolute Gasteiger partial charge is 0.0965 e. The van der Waals surface area contributed by atoms with Crippen LogP contribution in [0.3, 0.4) is 0 Å². The molecule has 0 saturated carbocycles. The van der Waals surface area contributed by atoms with Crippen molar-refractivity contribution in [2.75, 3.05) is 19.0 Å². The van der Waals surface area contributed by atoms with Crippen molar-refractivity contribution >= 4 is 5.69 Å². The summed E-state index contributed by atoms with van der Waals surface area (Å²) in [6.07, 6.45) is 2.00. The topological polar surface area (TPSA) is 46.0 Å². The molecule has 1 aromatic carbocycles. The number of benzene rings is 1. The summed E-state index contributed by atoms with van der Waals surface area (Å²) in [5.74, 6) is 0. The van der Waals surface area contributed by atoms with Crippen molar-refractivity contribution in [1.29, 1.82) is 0 Å². The molecule has 0 aliphatic rings. The number of hydrogen-bond acceptors (Lipinski definition) is 4. The molecule has 1 N–H and O–H groups in total. The van der Waals surface area contributed by atoms with Crippen LogP contribution in [0, 0.1) is 0 Å². The lowest BCUT2D eigenvalue weighted by Gasteiger charge is -2.17. The Kier molecular flexibility index (Phi) is 4.63. The summed E-state index contributed by atoms with van der Waals surface area (Å²) in [5.41, 5.74) is 3.43. The third-order valence-corrected chi connectivity index (χ3v) is 3.32. The minimum absolute atomic E-state index is 0.0206. The Balaban J connectivity index is 1.85. The second-order valence-corrected chi connectivity index (χ2v) is 6.49. The minimum atomic E-state index is -0.0206. The molecule has 0 fully saturated rings. The Morgan fingerprint density at radius 1 is 1.10 bits per heavy atom. The van der Waals surface area contributed by atoms with Crippen molar-refractivity contribution in [2.24, 2.45) is 0 Å². The number of rotatable bonds is 5. The largest absolute Gasteiger partial charge is 0.378 e. The van der Waals surface area contributed by atoms with Crippen molar-refractivity contribution in [3.8, 4) is 0 Å². The van der Waals surface area contributed by atoms with Crippen LogP contribution in [0.15, 0.2) is 30.5 Å². The Hall–Kier alpha value is -1.88. The van der Waals surface area contributed by atoms with E-state index in [2.05, 4.69) is 65.6 Å². The zero-order valence-electron chi connectivity index (χ0n) is 13.6. The third-order valence-electron chi connectivity index (χ3n) is 3.32. The van der Waals surface area contributed by atoms with Gasteiger partial charge < -0.3 is 10.2 Å². The summed E-state index contributed by atoms with van der Waals surface area (Å²) < 4.78 is 1.90. The van der Waals surface area contributed by atoms with Gasteiger partial charge in [-0.1, -0.05) is 17.3 Å². The van der Waals surface area contributed by atoms with Crippen LogP contribution in [0.1, 0.15) is 32.0 Å². The van der Waals surface area contributed by atoms with Crippen LogP contribution < -0.4 is 10.2 Å². The Bertz CT molecular complexity index is 563. The van der Waals surface area contributed by atoms with Crippen LogP contribution >= 0.6 is 0 Å². The van der Waals surface area contributed by atoms with E-state index >= 15 is 0 Å². The van der Waals surface area contributed by atoms with Gasteiger partial charge in [-0.05, 0) is 38.5 Å². The SMILES string of the molecule is CN(C)c1ccc(CNCc2cn(C(C)(C)C)nn2)cc1. The average molecular weight is 287 g/mol. The molecule has 0 amide bonds. The molecular formula is C16H25N5. The number of nitrogens with zero attached hydrogens (tertiary/aromatic N) is 4. The molecule has 1 heterocycles. The quantitative estimate of drug-likeness (QED) is 0.917. The zero-order valence-corrected chi connectivity index (χ0v) is 13.6. The molecule has 0 aliphatic carbocycles. The van der Waals surface area contributed by atoms with E-state index in [0.717, 1.165) is 18.8 Å². The van der Waals surface area contributed by atoms with E-state index in [1.54, 1.807) is 0 Å². The fraction of sp³-hybridized carbons (Fsp3) is 0.500. The third kappa shape index (κ3) is 4.29. The van der Waals surface area contributed by atoms with E-state index in [1.807, 2.05) is 25.0 Å². The van der Waals surface area contributed by atoms with Gasteiger partial charge in [0, 0.05) is 32.9 Å². The molecule has 5 heteroatoms. The van der Waals surface area contributed by atoms with Gasteiger partial charge in [-0.2, -0.15) is 0 Å². The number of aromatic nitrogens is 3. The molecule has 0 spiro atoms. The van der Waals surface area contributed by atoms with Crippen molar-refractivity contribution in [3.63, 3.8) is 0 Å².